The van der Waals surface area contributed by atoms with Crippen LogP contribution in [0.15, 0.2) is 23.1 Å². The summed E-state index contributed by atoms with van der Waals surface area (Å²) in [6.45, 7) is 2.27. The molecule has 0 aromatic heterocycles. The van der Waals surface area contributed by atoms with Crippen molar-refractivity contribution in [1.29, 1.82) is 0 Å². The van der Waals surface area contributed by atoms with Crippen molar-refractivity contribution in [1.82, 2.24) is 0 Å². The van der Waals surface area contributed by atoms with Crippen molar-refractivity contribution >= 4 is 15.5 Å². The Morgan fingerprint density at radius 1 is 1.47 bits per heavy atom. The van der Waals surface area contributed by atoms with Crippen molar-refractivity contribution in [3.05, 3.63) is 23.8 Å². The summed E-state index contributed by atoms with van der Waals surface area (Å²) < 4.78 is 22.5. The number of rotatable bonds is 3. The zero-order valence-electron chi connectivity index (χ0n) is 8.74. The lowest BCUT2D eigenvalue weighted by Gasteiger charge is -2.08. The SMILES string of the molecule is C#CCNc1ccc(S(C)(=O)=O)cc1C. The number of terminal acetylenes is 1. The summed E-state index contributed by atoms with van der Waals surface area (Å²) >= 11 is 0. The van der Waals surface area contributed by atoms with Gasteiger partial charge in [0, 0.05) is 11.9 Å². The minimum Gasteiger partial charge on any atom is -0.374 e. The van der Waals surface area contributed by atoms with Crippen LogP contribution in [0.2, 0.25) is 0 Å². The van der Waals surface area contributed by atoms with Gasteiger partial charge in [-0.2, -0.15) is 0 Å². The maximum atomic E-state index is 11.3. The average Bonchev–Trinajstić information content (AvgIpc) is 2.14. The van der Waals surface area contributed by atoms with E-state index >= 15 is 0 Å². The minimum atomic E-state index is -3.13. The maximum absolute atomic E-state index is 11.3. The number of hydrogen-bond acceptors (Lipinski definition) is 3. The molecule has 3 nitrogen and oxygen atoms in total. The molecule has 0 amide bonds. The number of nitrogens with one attached hydrogen (secondary N) is 1. The van der Waals surface area contributed by atoms with Gasteiger partial charge >= 0.3 is 0 Å². The van der Waals surface area contributed by atoms with Crippen molar-refractivity contribution in [2.24, 2.45) is 0 Å². The van der Waals surface area contributed by atoms with Crippen LogP contribution in [0.25, 0.3) is 0 Å². The first kappa shape index (κ1) is 11.6. The van der Waals surface area contributed by atoms with Crippen molar-refractivity contribution in [3.63, 3.8) is 0 Å². The quantitative estimate of drug-likeness (QED) is 0.789. The molecule has 0 radical (unpaired) electrons. The van der Waals surface area contributed by atoms with Crippen molar-refractivity contribution < 1.29 is 8.42 Å². The highest BCUT2D eigenvalue weighted by atomic mass is 32.2. The standard InChI is InChI=1S/C11H13NO2S/c1-4-7-12-11-6-5-10(8-9(11)2)15(3,13)14/h1,5-6,8,12H,7H2,2-3H3. The topological polar surface area (TPSA) is 46.2 Å². The van der Waals surface area contributed by atoms with Gasteiger partial charge in [0.25, 0.3) is 0 Å². The van der Waals surface area contributed by atoms with Crippen LogP contribution < -0.4 is 5.32 Å². The summed E-state index contributed by atoms with van der Waals surface area (Å²) in [7, 11) is -3.13. The molecular formula is C11H13NO2S. The molecular weight excluding hydrogens is 210 g/mol. The highest BCUT2D eigenvalue weighted by Crippen LogP contribution is 2.19. The van der Waals surface area contributed by atoms with Gasteiger partial charge in [-0.1, -0.05) is 5.92 Å². The van der Waals surface area contributed by atoms with Gasteiger partial charge in [-0.25, -0.2) is 8.42 Å². The van der Waals surface area contributed by atoms with Crippen LogP contribution in [0, 0.1) is 19.3 Å². The summed E-state index contributed by atoms with van der Waals surface area (Å²) in [4.78, 5) is 0.325. The van der Waals surface area contributed by atoms with Gasteiger partial charge in [0.2, 0.25) is 0 Å². The highest BCUT2D eigenvalue weighted by Gasteiger charge is 2.08. The monoisotopic (exact) mass is 223 g/mol. The second-order valence-corrected chi connectivity index (χ2v) is 5.32. The fourth-order valence-corrected chi connectivity index (χ4v) is 1.92. The summed E-state index contributed by atoms with van der Waals surface area (Å²) in [5.74, 6) is 2.46. The lowest BCUT2D eigenvalue weighted by atomic mass is 10.2. The second-order valence-electron chi connectivity index (χ2n) is 3.31. The molecule has 1 rings (SSSR count). The molecule has 0 saturated carbocycles. The van der Waals surface area contributed by atoms with Gasteiger partial charge in [0.1, 0.15) is 0 Å². The molecule has 0 heterocycles. The van der Waals surface area contributed by atoms with Crippen LogP contribution in [0.3, 0.4) is 0 Å². The third-order valence-corrected chi connectivity index (χ3v) is 3.12. The second kappa shape index (κ2) is 4.37. The number of sulfone groups is 1. The zero-order valence-corrected chi connectivity index (χ0v) is 9.56. The summed E-state index contributed by atoms with van der Waals surface area (Å²) in [5, 5.41) is 3.01. The summed E-state index contributed by atoms with van der Waals surface area (Å²) in [6, 6.07) is 4.93. The molecule has 4 heteroatoms. The molecule has 1 aromatic rings. The molecule has 0 bridgehead atoms. The van der Waals surface area contributed by atoms with Crippen molar-refractivity contribution in [2.75, 3.05) is 18.1 Å². The summed E-state index contributed by atoms with van der Waals surface area (Å²) in [6.07, 6.45) is 6.31. The first-order valence-electron chi connectivity index (χ1n) is 4.43. The number of anilines is 1. The molecule has 1 aromatic carbocycles. The van der Waals surface area contributed by atoms with E-state index in [1.54, 1.807) is 18.2 Å². The van der Waals surface area contributed by atoms with E-state index in [2.05, 4.69) is 11.2 Å². The average molecular weight is 223 g/mol. The van der Waals surface area contributed by atoms with E-state index in [1.807, 2.05) is 6.92 Å². The van der Waals surface area contributed by atoms with E-state index in [0.29, 0.717) is 11.4 Å². The lowest BCUT2D eigenvalue weighted by Crippen LogP contribution is -2.02. The lowest BCUT2D eigenvalue weighted by molar-refractivity contribution is 0.602. The Kier molecular flexibility index (Phi) is 3.38. The molecule has 0 fully saturated rings. The number of aryl methyl sites for hydroxylation is 1. The van der Waals surface area contributed by atoms with Gasteiger partial charge in [-0.05, 0) is 30.7 Å². The first-order chi connectivity index (χ1) is 6.95. The van der Waals surface area contributed by atoms with Gasteiger partial charge in [0.15, 0.2) is 9.84 Å². The molecule has 0 saturated heterocycles. The van der Waals surface area contributed by atoms with Crippen LogP contribution in [0.4, 0.5) is 5.69 Å². The fourth-order valence-electron chi connectivity index (χ4n) is 1.21. The Balaban J connectivity index is 3.05. The Bertz CT molecular complexity index is 498. The largest absolute Gasteiger partial charge is 0.374 e. The molecule has 15 heavy (non-hydrogen) atoms. The number of benzene rings is 1. The van der Waals surface area contributed by atoms with Gasteiger partial charge in [-0.3, -0.25) is 0 Å². The van der Waals surface area contributed by atoms with E-state index in [1.165, 1.54) is 6.26 Å². The number of hydrogen-bond donors (Lipinski definition) is 1. The van der Waals surface area contributed by atoms with Crippen LogP contribution >= 0.6 is 0 Å². The third-order valence-electron chi connectivity index (χ3n) is 2.01. The third kappa shape index (κ3) is 3.00. The Labute approximate surface area is 90.4 Å². The molecule has 0 unspecified atom stereocenters. The Hall–Kier alpha value is -1.47. The zero-order chi connectivity index (χ0) is 11.5. The molecule has 0 spiro atoms. The predicted molar refractivity (Wildman–Crippen MR) is 61.6 cm³/mol. The Morgan fingerprint density at radius 2 is 2.13 bits per heavy atom. The summed E-state index contributed by atoms with van der Waals surface area (Å²) in [5.41, 5.74) is 1.73. The van der Waals surface area contributed by atoms with Gasteiger partial charge < -0.3 is 5.32 Å². The van der Waals surface area contributed by atoms with Gasteiger partial charge in [0.05, 0.1) is 11.4 Å². The van der Waals surface area contributed by atoms with Crippen LogP contribution in [0.5, 0.6) is 0 Å². The van der Waals surface area contributed by atoms with E-state index in [-0.39, 0.29) is 0 Å². The van der Waals surface area contributed by atoms with Crippen LogP contribution in [-0.4, -0.2) is 21.2 Å². The van der Waals surface area contributed by atoms with Crippen molar-refractivity contribution in [3.8, 4) is 12.3 Å². The van der Waals surface area contributed by atoms with Crippen LogP contribution in [0.1, 0.15) is 5.56 Å². The molecule has 0 aliphatic carbocycles. The molecule has 0 atom stereocenters. The fraction of sp³-hybridized carbons (Fsp3) is 0.273. The van der Waals surface area contributed by atoms with Crippen molar-refractivity contribution in [2.45, 2.75) is 11.8 Å². The molecule has 80 valence electrons. The molecule has 0 aliphatic rings. The van der Waals surface area contributed by atoms with E-state index in [4.69, 9.17) is 6.42 Å². The maximum Gasteiger partial charge on any atom is 0.175 e. The van der Waals surface area contributed by atoms with Gasteiger partial charge in [-0.15, -0.1) is 6.42 Å². The first-order valence-corrected chi connectivity index (χ1v) is 6.32. The van der Waals surface area contributed by atoms with E-state index < -0.39 is 9.84 Å². The molecule has 0 aliphatic heterocycles. The Morgan fingerprint density at radius 3 is 2.60 bits per heavy atom. The molecule has 1 N–H and O–H groups in total. The van der Waals surface area contributed by atoms with E-state index in [0.717, 1.165) is 11.3 Å². The van der Waals surface area contributed by atoms with E-state index in [9.17, 15) is 8.42 Å². The normalized spacial score (nSPS) is 10.7. The predicted octanol–water partition coefficient (Wildman–Crippen LogP) is 1.44. The highest BCUT2D eigenvalue weighted by molar-refractivity contribution is 7.90. The smallest absolute Gasteiger partial charge is 0.175 e. The van der Waals surface area contributed by atoms with Crippen LogP contribution in [-0.2, 0) is 9.84 Å². The minimum absolute atomic E-state index is 0.325.